The minimum Gasteiger partial charge on any atom is -0.340 e. The Morgan fingerprint density at radius 1 is 1.31 bits per heavy atom. The van der Waals surface area contributed by atoms with Crippen LogP contribution in [0.1, 0.15) is 32.6 Å². The maximum atomic E-state index is 11.6. The van der Waals surface area contributed by atoms with Crippen LogP contribution in [-0.2, 0) is 4.79 Å². The van der Waals surface area contributed by atoms with E-state index < -0.39 is 0 Å². The second-order valence-corrected chi connectivity index (χ2v) is 4.23. The van der Waals surface area contributed by atoms with E-state index in [4.69, 9.17) is 5.26 Å². The van der Waals surface area contributed by atoms with Crippen LogP contribution in [0.25, 0.3) is 0 Å². The van der Waals surface area contributed by atoms with E-state index in [1.807, 2.05) is 11.8 Å². The molecule has 1 heterocycles. The molecule has 0 unspecified atom stereocenters. The topological polar surface area (TPSA) is 47.3 Å². The molecule has 0 N–H and O–H groups in total. The van der Waals surface area contributed by atoms with Crippen LogP contribution in [0.2, 0.25) is 0 Å². The highest BCUT2D eigenvalue weighted by Gasteiger charge is 2.19. The van der Waals surface area contributed by atoms with Crippen LogP contribution in [0.3, 0.4) is 0 Å². The third-order valence-corrected chi connectivity index (χ3v) is 2.95. The maximum absolute atomic E-state index is 11.6. The van der Waals surface area contributed by atoms with E-state index >= 15 is 0 Å². The molecule has 0 bridgehead atoms. The van der Waals surface area contributed by atoms with Crippen LogP contribution < -0.4 is 0 Å². The van der Waals surface area contributed by atoms with Crippen LogP contribution in [0.15, 0.2) is 0 Å². The Morgan fingerprint density at radius 2 is 2.00 bits per heavy atom. The molecule has 0 saturated carbocycles. The number of carbonyl (C=O) groups is 1. The van der Waals surface area contributed by atoms with Crippen LogP contribution in [0.4, 0.5) is 0 Å². The maximum Gasteiger partial charge on any atom is 0.222 e. The summed E-state index contributed by atoms with van der Waals surface area (Å²) in [6, 6.07) is 2.16. The van der Waals surface area contributed by atoms with Crippen molar-refractivity contribution in [2.45, 2.75) is 32.6 Å². The van der Waals surface area contributed by atoms with Crippen molar-refractivity contribution >= 4 is 5.91 Å². The van der Waals surface area contributed by atoms with Crippen LogP contribution >= 0.6 is 0 Å². The van der Waals surface area contributed by atoms with Gasteiger partial charge in [0.25, 0.3) is 0 Å². The predicted molar refractivity (Wildman–Crippen MR) is 62.8 cm³/mol. The molecule has 90 valence electrons. The Bertz CT molecular complexity index is 251. The van der Waals surface area contributed by atoms with Gasteiger partial charge in [0.1, 0.15) is 0 Å². The lowest BCUT2D eigenvalue weighted by Gasteiger charge is -2.34. The van der Waals surface area contributed by atoms with Gasteiger partial charge < -0.3 is 4.90 Å². The first-order chi connectivity index (χ1) is 7.77. The second kappa shape index (κ2) is 7.24. The zero-order valence-electron chi connectivity index (χ0n) is 10.1. The van der Waals surface area contributed by atoms with Gasteiger partial charge in [-0.05, 0) is 19.4 Å². The minimum atomic E-state index is 0.291. The Balaban J connectivity index is 2.18. The normalized spacial score (nSPS) is 17.1. The van der Waals surface area contributed by atoms with Gasteiger partial charge in [0.2, 0.25) is 5.91 Å². The molecule has 16 heavy (non-hydrogen) atoms. The van der Waals surface area contributed by atoms with Gasteiger partial charge in [-0.25, -0.2) is 0 Å². The smallest absolute Gasteiger partial charge is 0.222 e. The zero-order valence-corrected chi connectivity index (χ0v) is 10.1. The van der Waals surface area contributed by atoms with Crippen molar-refractivity contribution in [1.82, 2.24) is 9.80 Å². The molecule has 0 aromatic rings. The number of carbonyl (C=O) groups excluding carboxylic acids is 1. The lowest BCUT2D eigenvalue weighted by molar-refractivity contribution is -0.132. The molecule has 1 aliphatic heterocycles. The fraction of sp³-hybridized carbons (Fsp3) is 0.833. The van der Waals surface area contributed by atoms with Gasteiger partial charge in [0.05, 0.1) is 6.07 Å². The highest BCUT2D eigenvalue weighted by atomic mass is 16.2. The first kappa shape index (κ1) is 13.0. The molecule has 0 radical (unpaired) electrons. The number of nitriles is 1. The van der Waals surface area contributed by atoms with Crippen LogP contribution in [0.5, 0.6) is 0 Å². The lowest BCUT2D eigenvalue weighted by Crippen LogP contribution is -2.48. The largest absolute Gasteiger partial charge is 0.340 e. The van der Waals surface area contributed by atoms with Crippen molar-refractivity contribution in [3.8, 4) is 6.07 Å². The summed E-state index contributed by atoms with van der Waals surface area (Å²) in [4.78, 5) is 15.9. The number of hydrogen-bond acceptors (Lipinski definition) is 3. The van der Waals surface area contributed by atoms with Crippen molar-refractivity contribution in [3.05, 3.63) is 0 Å². The number of amides is 1. The molecule has 0 spiro atoms. The van der Waals surface area contributed by atoms with Crippen molar-refractivity contribution in [3.63, 3.8) is 0 Å². The van der Waals surface area contributed by atoms with Crippen molar-refractivity contribution in [1.29, 1.82) is 5.26 Å². The lowest BCUT2D eigenvalue weighted by atomic mass is 10.2. The Morgan fingerprint density at radius 3 is 2.56 bits per heavy atom. The summed E-state index contributed by atoms with van der Waals surface area (Å²) in [5, 5.41) is 8.45. The molecule has 4 heteroatoms. The molecule has 1 fully saturated rings. The summed E-state index contributed by atoms with van der Waals surface area (Å²) < 4.78 is 0. The van der Waals surface area contributed by atoms with E-state index in [-0.39, 0.29) is 0 Å². The zero-order chi connectivity index (χ0) is 11.8. The average Bonchev–Trinajstić information content (AvgIpc) is 2.30. The predicted octanol–water partition coefficient (Wildman–Crippen LogP) is 1.23. The number of nitrogens with zero attached hydrogens (tertiary/aromatic N) is 3. The molecule has 0 aromatic heterocycles. The van der Waals surface area contributed by atoms with Gasteiger partial charge in [0.15, 0.2) is 0 Å². The second-order valence-electron chi connectivity index (χ2n) is 4.23. The molecular formula is C12H21N3O. The highest BCUT2D eigenvalue weighted by molar-refractivity contribution is 5.76. The van der Waals surface area contributed by atoms with Crippen molar-refractivity contribution in [2.24, 2.45) is 0 Å². The van der Waals surface area contributed by atoms with Gasteiger partial charge in [-0.3, -0.25) is 9.69 Å². The molecule has 1 amide bonds. The molecule has 1 saturated heterocycles. The van der Waals surface area contributed by atoms with Crippen LogP contribution in [0, 0.1) is 11.3 Å². The number of piperazine rings is 1. The molecule has 1 rings (SSSR count). The molecule has 0 aromatic carbocycles. The Labute approximate surface area is 97.8 Å². The summed E-state index contributed by atoms with van der Waals surface area (Å²) >= 11 is 0. The number of unbranched alkanes of at least 4 members (excludes halogenated alkanes) is 1. The monoisotopic (exact) mass is 223 g/mol. The van der Waals surface area contributed by atoms with E-state index in [9.17, 15) is 4.79 Å². The van der Waals surface area contributed by atoms with E-state index in [0.29, 0.717) is 18.7 Å². The first-order valence-electron chi connectivity index (χ1n) is 6.15. The highest BCUT2D eigenvalue weighted by Crippen LogP contribution is 2.06. The van der Waals surface area contributed by atoms with E-state index in [2.05, 4.69) is 11.0 Å². The first-order valence-corrected chi connectivity index (χ1v) is 6.15. The van der Waals surface area contributed by atoms with Crippen molar-refractivity contribution < 1.29 is 4.79 Å². The Kier molecular flexibility index (Phi) is 5.87. The third kappa shape index (κ3) is 4.19. The fourth-order valence-corrected chi connectivity index (χ4v) is 1.97. The van der Waals surface area contributed by atoms with E-state index in [1.54, 1.807) is 0 Å². The summed E-state index contributed by atoms with van der Waals surface area (Å²) in [5.41, 5.74) is 0. The summed E-state index contributed by atoms with van der Waals surface area (Å²) in [5.74, 6) is 0.291. The molecule has 4 nitrogen and oxygen atoms in total. The molecular weight excluding hydrogens is 202 g/mol. The molecule has 0 aliphatic carbocycles. The standard InChI is InChI=1S/C12H21N3O/c1-2-5-12(16)15-10-8-14(9-11-15)7-4-3-6-13/h2-5,7-11H2,1H3. The van der Waals surface area contributed by atoms with E-state index in [1.165, 1.54) is 0 Å². The quantitative estimate of drug-likeness (QED) is 0.659. The number of rotatable bonds is 5. The summed E-state index contributed by atoms with van der Waals surface area (Å²) in [6.07, 6.45) is 3.18. The minimum absolute atomic E-state index is 0.291. The molecule has 1 aliphatic rings. The summed E-state index contributed by atoms with van der Waals surface area (Å²) in [6.45, 7) is 6.65. The number of hydrogen-bond donors (Lipinski definition) is 0. The van der Waals surface area contributed by atoms with Crippen molar-refractivity contribution in [2.75, 3.05) is 32.7 Å². The molecule has 0 atom stereocenters. The third-order valence-electron chi connectivity index (χ3n) is 2.95. The van der Waals surface area contributed by atoms with Gasteiger partial charge in [-0.15, -0.1) is 0 Å². The fourth-order valence-electron chi connectivity index (χ4n) is 1.97. The van der Waals surface area contributed by atoms with Gasteiger partial charge in [-0.2, -0.15) is 5.26 Å². The van der Waals surface area contributed by atoms with Gasteiger partial charge in [-0.1, -0.05) is 6.92 Å². The SMILES string of the molecule is CCCC(=O)N1CCN(CCCC#N)CC1. The van der Waals surface area contributed by atoms with Crippen LogP contribution in [-0.4, -0.2) is 48.4 Å². The Hall–Kier alpha value is -1.08. The summed E-state index contributed by atoms with van der Waals surface area (Å²) in [7, 11) is 0. The van der Waals surface area contributed by atoms with Gasteiger partial charge in [0, 0.05) is 39.0 Å². The average molecular weight is 223 g/mol. The van der Waals surface area contributed by atoms with Gasteiger partial charge >= 0.3 is 0 Å². The van der Waals surface area contributed by atoms with E-state index in [0.717, 1.165) is 45.6 Å².